The molecular formula is C26H31F6N5O2. The maximum absolute atomic E-state index is 13.1. The van der Waals surface area contributed by atoms with Crippen LogP contribution in [0.2, 0.25) is 0 Å². The largest absolute Gasteiger partial charge is 0.471 e. The Bertz CT molecular complexity index is 1170. The number of hydrogen-bond acceptors (Lipinski definition) is 5. The van der Waals surface area contributed by atoms with Crippen molar-refractivity contribution in [3.8, 4) is 0 Å². The van der Waals surface area contributed by atoms with E-state index in [4.69, 9.17) is 0 Å². The molecule has 7 nitrogen and oxygen atoms in total. The van der Waals surface area contributed by atoms with Crippen molar-refractivity contribution in [2.24, 2.45) is 5.92 Å². The number of nitrogens with zero attached hydrogens (tertiary/aromatic N) is 3. The smallest absolute Gasteiger partial charge is 0.351 e. The monoisotopic (exact) mass is 559 g/mol. The first-order valence-electron chi connectivity index (χ1n) is 13.1. The van der Waals surface area contributed by atoms with Crippen LogP contribution in [0.25, 0.3) is 10.9 Å². The molecule has 0 radical (unpaired) electrons. The summed E-state index contributed by atoms with van der Waals surface area (Å²) in [7, 11) is 0. The highest BCUT2D eigenvalue weighted by Gasteiger charge is 2.42. The third-order valence-electron chi connectivity index (χ3n) is 7.75. The van der Waals surface area contributed by atoms with Crippen LogP contribution < -0.4 is 10.6 Å². The van der Waals surface area contributed by atoms with E-state index >= 15 is 0 Å². The summed E-state index contributed by atoms with van der Waals surface area (Å²) in [6.07, 6.45) is -4.36. The summed E-state index contributed by atoms with van der Waals surface area (Å²) >= 11 is 0. The van der Waals surface area contributed by atoms with Crippen LogP contribution in [0.1, 0.15) is 56.7 Å². The zero-order valence-electron chi connectivity index (χ0n) is 21.4. The molecule has 2 aliphatic rings. The van der Waals surface area contributed by atoms with Gasteiger partial charge >= 0.3 is 18.3 Å². The molecule has 2 heterocycles. The molecule has 4 rings (SSSR count). The Morgan fingerprint density at radius 2 is 1.74 bits per heavy atom. The number of fused-ring (bicyclic) bond motifs is 1. The number of halogens is 6. The Hall–Kier alpha value is -2.96. The average molecular weight is 560 g/mol. The van der Waals surface area contributed by atoms with Crippen molar-refractivity contribution < 1.29 is 35.9 Å². The molecule has 2 aromatic rings. The maximum atomic E-state index is 13.1. The van der Waals surface area contributed by atoms with Gasteiger partial charge in [-0.2, -0.15) is 26.3 Å². The molecule has 1 unspecified atom stereocenters. The zero-order chi connectivity index (χ0) is 28.4. The fourth-order valence-electron chi connectivity index (χ4n) is 5.59. The van der Waals surface area contributed by atoms with E-state index in [0.717, 1.165) is 37.8 Å². The van der Waals surface area contributed by atoms with Crippen molar-refractivity contribution in [2.45, 2.75) is 82.3 Å². The van der Waals surface area contributed by atoms with Gasteiger partial charge in [0.1, 0.15) is 6.33 Å². The number of carbonyl (C=O) groups excluding carboxylic acids is 2. The van der Waals surface area contributed by atoms with Crippen LogP contribution in [0.4, 0.5) is 26.3 Å². The molecule has 1 aromatic heterocycles. The summed E-state index contributed by atoms with van der Waals surface area (Å²) < 4.78 is 77.2. The molecule has 1 aromatic carbocycles. The first-order chi connectivity index (χ1) is 18.3. The molecule has 1 aliphatic carbocycles. The minimum absolute atomic E-state index is 0.000542. The normalized spacial score (nSPS) is 21.8. The number of rotatable bonds is 8. The highest BCUT2D eigenvalue weighted by atomic mass is 19.4. The van der Waals surface area contributed by atoms with Crippen LogP contribution in [0, 0.1) is 5.92 Å². The van der Waals surface area contributed by atoms with Gasteiger partial charge < -0.3 is 10.6 Å². The molecule has 1 saturated heterocycles. The van der Waals surface area contributed by atoms with Crippen molar-refractivity contribution in [3.63, 3.8) is 0 Å². The van der Waals surface area contributed by atoms with Crippen molar-refractivity contribution >= 4 is 22.7 Å². The lowest BCUT2D eigenvalue weighted by atomic mass is 9.79. The minimum atomic E-state index is -4.89. The van der Waals surface area contributed by atoms with E-state index in [1.165, 1.54) is 12.4 Å². The van der Waals surface area contributed by atoms with Gasteiger partial charge in [0.2, 0.25) is 5.91 Å². The number of aromatic nitrogens is 2. The predicted molar refractivity (Wildman–Crippen MR) is 130 cm³/mol. The molecule has 2 N–H and O–H groups in total. The third-order valence-corrected chi connectivity index (χ3v) is 7.75. The first kappa shape index (κ1) is 29.0. The molecule has 1 aliphatic heterocycles. The van der Waals surface area contributed by atoms with Crippen LogP contribution in [-0.4, -0.2) is 64.1 Å². The number of benzene rings is 1. The topological polar surface area (TPSA) is 87.2 Å². The fraction of sp³-hybridized carbons (Fsp3) is 0.615. The van der Waals surface area contributed by atoms with Crippen LogP contribution >= 0.6 is 0 Å². The van der Waals surface area contributed by atoms with E-state index < -0.39 is 29.9 Å². The molecule has 0 bridgehead atoms. The number of likely N-dealkylation sites (tertiary alicyclic amines) is 1. The Kier molecular flexibility index (Phi) is 8.67. The number of carbonyl (C=O) groups is 2. The summed E-state index contributed by atoms with van der Waals surface area (Å²) in [4.78, 5) is 34.2. The molecule has 214 valence electrons. The van der Waals surface area contributed by atoms with Gasteiger partial charge in [-0.25, -0.2) is 9.97 Å². The van der Waals surface area contributed by atoms with E-state index in [-0.39, 0.29) is 42.1 Å². The summed E-state index contributed by atoms with van der Waals surface area (Å²) in [6.45, 7) is 3.09. The standard InChI is InChI=1S/C26H31F6N5O2/c1-2-20(36-24(39)26(30,31)32)15-3-6-18(7-4-15)37-12-17(13-37)35-23(38)10-9-22-19-11-16(25(27,28)29)5-8-21(19)33-14-34-22/h5,8,11,14-15,17-18,20H,2-4,6-7,9-10,12-13H2,1H3,(H,35,38)(H,36,39). The molecule has 2 amide bonds. The Morgan fingerprint density at radius 3 is 2.36 bits per heavy atom. The SMILES string of the molecule is CCC(NC(=O)C(F)(F)F)C1CCC(N2CC(NC(=O)CCc3ncnc4ccc(C(F)(F)F)cc34)C2)CC1. The van der Waals surface area contributed by atoms with Gasteiger partial charge in [0, 0.05) is 37.0 Å². The zero-order valence-corrected chi connectivity index (χ0v) is 21.4. The lowest BCUT2D eigenvalue weighted by Gasteiger charge is -2.47. The highest BCUT2D eigenvalue weighted by Crippen LogP contribution is 2.34. The van der Waals surface area contributed by atoms with Gasteiger partial charge in [-0.05, 0) is 62.6 Å². The maximum Gasteiger partial charge on any atom is 0.471 e. The Labute approximate surface area is 221 Å². The highest BCUT2D eigenvalue weighted by molar-refractivity contribution is 5.83. The number of aryl methyl sites for hydroxylation is 1. The van der Waals surface area contributed by atoms with E-state index in [1.54, 1.807) is 6.92 Å². The lowest BCUT2D eigenvalue weighted by Crippen LogP contribution is -2.62. The lowest BCUT2D eigenvalue weighted by molar-refractivity contribution is -0.174. The third kappa shape index (κ3) is 7.17. The molecule has 0 spiro atoms. The number of amides is 2. The molecule has 1 saturated carbocycles. The van der Waals surface area contributed by atoms with Crippen LogP contribution in [0.15, 0.2) is 24.5 Å². The fourth-order valence-corrected chi connectivity index (χ4v) is 5.59. The second-order valence-corrected chi connectivity index (χ2v) is 10.3. The van der Waals surface area contributed by atoms with Gasteiger partial charge in [0.25, 0.3) is 0 Å². The Balaban J connectivity index is 1.21. The number of alkyl halides is 6. The van der Waals surface area contributed by atoms with Gasteiger partial charge in [-0.3, -0.25) is 14.5 Å². The second kappa shape index (κ2) is 11.6. The second-order valence-electron chi connectivity index (χ2n) is 10.3. The molecule has 1 atom stereocenters. The van der Waals surface area contributed by atoms with Crippen LogP contribution in [0.5, 0.6) is 0 Å². The minimum Gasteiger partial charge on any atom is -0.351 e. The van der Waals surface area contributed by atoms with Crippen molar-refractivity contribution in [1.29, 1.82) is 0 Å². The van der Waals surface area contributed by atoms with Gasteiger partial charge in [-0.15, -0.1) is 0 Å². The van der Waals surface area contributed by atoms with Crippen LogP contribution in [-0.2, 0) is 22.2 Å². The molecule has 39 heavy (non-hydrogen) atoms. The summed E-state index contributed by atoms with van der Waals surface area (Å²) in [6, 6.07) is 3.00. The van der Waals surface area contributed by atoms with E-state index in [1.807, 2.05) is 0 Å². The number of nitrogens with one attached hydrogen (secondary N) is 2. The quantitative estimate of drug-likeness (QED) is 0.469. The van der Waals surface area contributed by atoms with Crippen molar-refractivity contribution in [3.05, 3.63) is 35.8 Å². The first-order valence-corrected chi connectivity index (χ1v) is 13.1. The molecule has 2 fully saturated rings. The van der Waals surface area contributed by atoms with E-state index in [9.17, 15) is 35.9 Å². The average Bonchev–Trinajstić information content (AvgIpc) is 2.86. The summed E-state index contributed by atoms with van der Waals surface area (Å²) in [5.74, 6) is -2.11. The van der Waals surface area contributed by atoms with Crippen molar-refractivity contribution in [1.82, 2.24) is 25.5 Å². The van der Waals surface area contributed by atoms with E-state index in [2.05, 4.69) is 25.5 Å². The van der Waals surface area contributed by atoms with E-state index in [0.29, 0.717) is 30.7 Å². The van der Waals surface area contributed by atoms with Gasteiger partial charge in [0.05, 0.1) is 22.8 Å². The molecule has 13 heteroatoms. The van der Waals surface area contributed by atoms with Gasteiger partial charge in [0.15, 0.2) is 0 Å². The van der Waals surface area contributed by atoms with Crippen molar-refractivity contribution in [2.75, 3.05) is 13.1 Å². The van der Waals surface area contributed by atoms with Gasteiger partial charge in [-0.1, -0.05) is 6.92 Å². The molecular weight excluding hydrogens is 528 g/mol. The predicted octanol–water partition coefficient (Wildman–Crippen LogP) is 4.40. The Morgan fingerprint density at radius 1 is 1.05 bits per heavy atom. The summed E-state index contributed by atoms with van der Waals surface area (Å²) in [5.41, 5.74) is -0.0359. The number of hydrogen-bond donors (Lipinski definition) is 2. The summed E-state index contributed by atoms with van der Waals surface area (Å²) in [5, 5.41) is 5.36. The van der Waals surface area contributed by atoms with Crippen LogP contribution in [0.3, 0.4) is 0 Å².